The molecule has 1 aromatic carbocycles. The van der Waals surface area contributed by atoms with E-state index in [0.717, 1.165) is 19.4 Å². The second-order valence-electron chi connectivity index (χ2n) is 5.62. The molecule has 1 N–H and O–H groups in total. The molecule has 0 spiro atoms. The smallest absolute Gasteiger partial charge is 0.0637 e. The Hall–Kier alpha value is -0.860. The molecule has 2 nitrogen and oxygen atoms in total. The first-order valence-corrected chi connectivity index (χ1v) is 6.83. The molecule has 2 heteroatoms. The van der Waals surface area contributed by atoms with E-state index in [-0.39, 0.29) is 5.60 Å². The number of methoxy groups -OCH3 is 1. The van der Waals surface area contributed by atoms with Crippen LogP contribution in [-0.2, 0) is 17.7 Å². The third-order valence-electron chi connectivity index (χ3n) is 3.44. The molecule has 0 amide bonds. The maximum absolute atomic E-state index is 5.45. The number of aryl methyl sites for hydroxylation is 1. The molecular formula is C16H27NO. The van der Waals surface area contributed by atoms with Crippen molar-refractivity contribution >= 4 is 0 Å². The van der Waals surface area contributed by atoms with Gasteiger partial charge in [0.15, 0.2) is 0 Å². The molecule has 0 saturated carbocycles. The summed E-state index contributed by atoms with van der Waals surface area (Å²) in [5.74, 6) is 0. The quantitative estimate of drug-likeness (QED) is 0.798. The first-order chi connectivity index (χ1) is 8.46. The average Bonchev–Trinajstić information content (AvgIpc) is 2.36. The summed E-state index contributed by atoms with van der Waals surface area (Å²) >= 11 is 0. The van der Waals surface area contributed by atoms with Gasteiger partial charge in [0.1, 0.15) is 0 Å². The monoisotopic (exact) mass is 249 g/mol. The van der Waals surface area contributed by atoms with Crippen molar-refractivity contribution in [1.29, 1.82) is 0 Å². The summed E-state index contributed by atoms with van der Waals surface area (Å²) in [7, 11) is 1.77. The largest absolute Gasteiger partial charge is 0.379 e. The van der Waals surface area contributed by atoms with E-state index in [2.05, 4.69) is 57.3 Å². The van der Waals surface area contributed by atoms with Gasteiger partial charge in [0.2, 0.25) is 0 Å². The zero-order valence-electron chi connectivity index (χ0n) is 12.4. The molecule has 18 heavy (non-hydrogen) atoms. The van der Waals surface area contributed by atoms with Crippen molar-refractivity contribution < 1.29 is 4.74 Å². The summed E-state index contributed by atoms with van der Waals surface area (Å²) in [4.78, 5) is 0. The summed E-state index contributed by atoms with van der Waals surface area (Å²) < 4.78 is 5.45. The van der Waals surface area contributed by atoms with Crippen molar-refractivity contribution in [1.82, 2.24) is 5.32 Å². The van der Waals surface area contributed by atoms with Crippen LogP contribution in [0.25, 0.3) is 0 Å². The predicted molar refractivity (Wildman–Crippen MR) is 77.8 cm³/mol. The lowest BCUT2D eigenvalue weighted by atomic mass is 9.99. The summed E-state index contributed by atoms with van der Waals surface area (Å²) in [5.41, 5.74) is 2.68. The van der Waals surface area contributed by atoms with Gasteiger partial charge >= 0.3 is 0 Å². The van der Waals surface area contributed by atoms with Crippen LogP contribution in [-0.4, -0.2) is 18.8 Å². The maximum atomic E-state index is 5.45. The first-order valence-electron chi connectivity index (χ1n) is 6.83. The number of rotatable bonds is 7. The predicted octanol–water partition coefficient (Wildman–Crippen LogP) is 3.54. The summed E-state index contributed by atoms with van der Waals surface area (Å²) in [5, 5.41) is 3.55. The highest BCUT2D eigenvalue weighted by atomic mass is 16.5. The zero-order chi connectivity index (χ0) is 13.6. The number of ether oxygens (including phenoxy) is 1. The van der Waals surface area contributed by atoms with Crippen LogP contribution in [0.5, 0.6) is 0 Å². The number of hydrogen-bond acceptors (Lipinski definition) is 2. The molecule has 1 rings (SSSR count). The number of hydrogen-bond donors (Lipinski definition) is 1. The van der Waals surface area contributed by atoms with E-state index in [1.165, 1.54) is 11.1 Å². The van der Waals surface area contributed by atoms with Crippen LogP contribution in [0.2, 0.25) is 0 Å². The van der Waals surface area contributed by atoms with Crippen molar-refractivity contribution in [2.45, 2.75) is 58.7 Å². The molecule has 0 radical (unpaired) electrons. The van der Waals surface area contributed by atoms with Crippen LogP contribution in [0.3, 0.4) is 0 Å². The topological polar surface area (TPSA) is 21.3 Å². The Morgan fingerprint density at radius 3 is 2.22 bits per heavy atom. The molecule has 1 aromatic rings. The van der Waals surface area contributed by atoms with Gasteiger partial charge < -0.3 is 10.1 Å². The zero-order valence-corrected chi connectivity index (χ0v) is 12.4. The van der Waals surface area contributed by atoms with Crippen LogP contribution in [0.4, 0.5) is 0 Å². The van der Waals surface area contributed by atoms with Gasteiger partial charge in [0.25, 0.3) is 0 Å². The molecule has 0 fully saturated rings. The molecule has 0 saturated heterocycles. The Morgan fingerprint density at radius 1 is 1.17 bits per heavy atom. The Kier molecular flexibility index (Phi) is 5.83. The fraction of sp³-hybridized carbons (Fsp3) is 0.625. The number of nitrogens with one attached hydrogen (secondary N) is 1. The van der Waals surface area contributed by atoms with Gasteiger partial charge in [-0.1, -0.05) is 31.2 Å². The van der Waals surface area contributed by atoms with E-state index < -0.39 is 0 Å². The van der Waals surface area contributed by atoms with Crippen molar-refractivity contribution in [2.75, 3.05) is 7.11 Å². The highest BCUT2D eigenvalue weighted by Crippen LogP contribution is 2.15. The lowest BCUT2D eigenvalue weighted by molar-refractivity contribution is 0.00844. The Morgan fingerprint density at radius 2 is 1.72 bits per heavy atom. The van der Waals surface area contributed by atoms with Crippen LogP contribution in [0, 0.1) is 0 Å². The van der Waals surface area contributed by atoms with Crippen LogP contribution < -0.4 is 5.32 Å². The summed E-state index contributed by atoms with van der Waals surface area (Å²) in [6, 6.07) is 9.28. The van der Waals surface area contributed by atoms with Crippen LogP contribution >= 0.6 is 0 Å². The van der Waals surface area contributed by atoms with Gasteiger partial charge in [-0.2, -0.15) is 0 Å². The van der Waals surface area contributed by atoms with E-state index >= 15 is 0 Å². The van der Waals surface area contributed by atoms with E-state index in [9.17, 15) is 0 Å². The van der Waals surface area contributed by atoms with Gasteiger partial charge in [-0.05, 0) is 44.7 Å². The number of benzene rings is 1. The summed E-state index contributed by atoms with van der Waals surface area (Å²) in [6.07, 6.45) is 2.11. The van der Waals surface area contributed by atoms with Gasteiger partial charge in [-0.25, -0.2) is 0 Å². The lowest BCUT2D eigenvalue weighted by Gasteiger charge is -2.27. The van der Waals surface area contributed by atoms with E-state index in [0.29, 0.717) is 6.04 Å². The molecule has 0 bridgehead atoms. The van der Waals surface area contributed by atoms with Gasteiger partial charge in [-0.3, -0.25) is 0 Å². The third-order valence-corrected chi connectivity index (χ3v) is 3.44. The second kappa shape index (κ2) is 6.91. The molecule has 0 aliphatic carbocycles. The lowest BCUT2D eigenvalue weighted by Crippen LogP contribution is -2.35. The molecule has 102 valence electrons. The van der Waals surface area contributed by atoms with Crippen molar-refractivity contribution in [3.8, 4) is 0 Å². The van der Waals surface area contributed by atoms with E-state index in [1.54, 1.807) is 7.11 Å². The van der Waals surface area contributed by atoms with E-state index in [4.69, 9.17) is 4.74 Å². The molecular weight excluding hydrogens is 222 g/mol. The molecule has 0 aliphatic rings. The Labute approximate surface area is 112 Å². The molecule has 0 heterocycles. The fourth-order valence-electron chi connectivity index (χ4n) is 2.08. The van der Waals surface area contributed by atoms with Gasteiger partial charge in [-0.15, -0.1) is 0 Å². The maximum Gasteiger partial charge on any atom is 0.0637 e. The van der Waals surface area contributed by atoms with Gasteiger partial charge in [0.05, 0.1) is 5.60 Å². The molecule has 0 aliphatic heterocycles. The second-order valence-corrected chi connectivity index (χ2v) is 5.62. The Bertz CT molecular complexity index is 343. The van der Waals surface area contributed by atoms with Gasteiger partial charge in [0, 0.05) is 19.7 Å². The molecule has 1 atom stereocenters. The minimum atomic E-state index is -0.0571. The van der Waals surface area contributed by atoms with E-state index in [1.807, 2.05) is 0 Å². The van der Waals surface area contributed by atoms with Crippen molar-refractivity contribution in [3.05, 3.63) is 35.4 Å². The summed E-state index contributed by atoms with van der Waals surface area (Å²) in [6.45, 7) is 9.57. The SMILES string of the molecule is CCc1ccc(CNC(C)CC(C)(C)OC)cc1. The van der Waals surface area contributed by atoms with Crippen molar-refractivity contribution in [3.63, 3.8) is 0 Å². The Balaban J connectivity index is 2.39. The fourth-order valence-corrected chi connectivity index (χ4v) is 2.08. The molecule has 0 aromatic heterocycles. The highest BCUT2D eigenvalue weighted by Gasteiger charge is 2.19. The highest BCUT2D eigenvalue weighted by molar-refractivity contribution is 5.22. The normalized spacial score (nSPS) is 13.6. The third kappa shape index (κ3) is 5.19. The van der Waals surface area contributed by atoms with Crippen LogP contribution in [0.15, 0.2) is 24.3 Å². The average molecular weight is 249 g/mol. The van der Waals surface area contributed by atoms with Crippen molar-refractivity contribution in [2.24, 2.45) is 0 Å². The molecule has 1 unspecified atom stereocenters. The first kappa shape index (κ1) is 15.2. The minimum absolute atomic E-state index is 0.0571. The minimum Gasteiger partial charge on any atom is -0.379 e. The standard InChI is InChI=1S/C16H27NO/c1-6-14-7-9-15(10-8-14)12-17-13(2)11-16(3,4)18-5/h7-10,13,17H,6,11-12H2,1-5H3. The van der Waals surface area contributed by atoms with Crippen LogP contribution in [0.1, 0.15) is 45.2 Å².